The SMILES string of the molecule is CC(CC1CC1)NC(=O)C(C#N)Cc1ccccc1. The maximum atomic E-state index is 12.1. The first-order valence-electron chi connectivity index (χ1n) is 6.93. The van der Waals surface area contributed by atoms with Gasteiger partial charge in [0.1, 0.15) is 5.92 Å². The lowest BCUT2D eigenvalue weighted by atomic mass is 9.99. The van der Waals surface area contributed by atoms with Gasteiger partial charge in [0, 0.05) is 6.04 Å². The molecule has 2 unspecified atom stereocenters. The zero-order chi connectivity index (χ0) is 13.7. The minimum atomic E-state index is -0.593. The van der Waals surface area contributed by atoms with Gasteiger partial charge in [-0.1, -0.05) is 43.2 Å². The quantitative estimate of drug-likeness (QED) is 0.850. The van der Waals surface area contributed by atoms with Crippen molar-refractivity contribution in [2.45, 2.75) is 38.6 Å². The van der Waals surface area contributed by atoms with Crippen LogP contribution in [0, 0.1) is 23.2 Å². The summed E-state index contributed by atoms with van der Waals surface area (Å²) < 4.78 is 0. The topological polar surface area (TPSA) is 52.9 Å². The number of nitrogens with one attached hydrogen (secondary N) is 1. The van der Waals surface area contributed by atoms with E-state index in [-0.39, 0.29) is 11.9 Å². The van der Waals surface area contributed by atoms with Gasteiger partial charge in [0.25, 0.3) is 0 Å². The molecule has 1 aliphatic carbocycles. The Morgan fingerprint density at radius 3 is 2.68 bits per heavy atom. The molecule has 1 N–H and O–H groups in total. The molecule has 0 aliphatic heterocycles. The number of hydrogen-bond acceptors (Lipinski definition) is 2. The molecule has 0 saturated heterocycles. The molecule has 0 aromatic heterocycles. The van der Waals surface area contributed by atoms with Crippen LogP contribution in [-0.2, 0) is 11.2 Å². The van der Waals surface area contributed by atoms with E-state index in [1.807, 2.05) is 37.3 Å². The third-order valence-electron chi connectivity index (χ3n) is 3.53. The van der Waals surface area contributed by atoms with Gasteiger partial charge in [-0.3, -0.25) is 4.79 Å². The molecule has 100 valence electrons. The minimum absolute atomic E-state index is 0.139. The molecule has 3 heteroatoms. The molecule has 19 heavy (non-hydrogen) atoms. The molecule has 0 bridgehead atoms. The molecule has 1 aromatic carbocycles. The Labute approximate surface area is 114 Å². The van der Waals surface area contributed by atoms with Crippen molar-refractivity contribution in [3.8, 4) is 6.07 Å². The molecular formula is C16H20N2O. The molecule has 1 fully saturated rings. The van der Waals surface area contributed by atoms with Crippen molar-refractivity contribution in [3.05, 3.63) is 35.9 Å². The van der Waals surface area contributed by atoms with E-state index in [2.05, 4.69) is 11.4 Å². The molecule has 2 atom stereocenters. The van der Waals surface area contributed by atoms with Crippen molar-refractivity contribution < 1.29 is 4.79 Å². The number of rotatable bonds is 6. The molecule has 0 spiro atoms. The van der Waals surface area contributed by atoms with E-state index < -0.39 is 5.92 Å². The maximum absolute atomic E-state index is 12.1. The Hall–Kier alpha value is -1.82. The van der Waals surface area contributed by atoms with E-state index in [1.54, 1.807) is 0 Å². The maximum Gasteiger partial charge on any atom is 0.237 e. The van der Waals surface area contributed by atoms with Crippen molar-refractivity contribution in [1.82, 2.24) is 5.32 Å². The van der Waals surface area contributed by atoms with E-state index in [0.29, 0.717) is 6.42 Å². The van der Waals surface area contributed by atoms with Gasteiger partial charge in [-0.15, -0.1) is 0 Å². The van der Waals surface area contributed by atoms with Crippen LogP contribution in [0.4, 0.5) is 0 Å². The van der Waals surface area contributed by atoms with Crippen LogP contribution in [0.15, 0.2) is 30.3 Å². The van der Waals surface area contributed by atoms with Crippen LogP contribution in [0.25, 0.3) is 0 Å². The Morgan fingerprint density at radius 2 is 2.11 bits per heavy atom. The predicted molar refractivity (Wildman–Crippen MR) is 74.2 cm³/mol. The normalized spacial score (nSPS) is 17.3. The van der Waals surface area contributed by atoms with Gasteiger partial charge in [0.05, 0.1) is 6.07 Å². The first-order chi connectivity index (χ1) is 9.19. The molecule has 2 rings (SSSR count). The van der Waals surface area contributed by atoms with Crippen molar-refractivity contribution in [3.63, 3.8) is 0 Å². The van der Waals surface area contributed by atoms with Gasteiger partial charge in [-0.25, -0.2) is 0 Å². The largest absolute Gasteiger partial charge is 0.352 e. The van der Waals surface area contributed by atoms with E-state index in [4.69, 9.17) is 5.26 Å². The number of nitrogens with zero attached hydrogens (tertiary/aromatic N) is 1. The summed E-state index contributed by atoms with van der Waals surface area (Å²) in [7, 11) is 0. The molecular weight excluding hydrogens is 236 g/mol. The Morgan fingerprint density at radius 1 is 1.42 bits per heavy atom. The first-order valence-corrected chi connectivity index (χ1v) is 6.93. The summed E-state index contributed by atoms with van der Waals surface area (Å²) in [6.07, 6.45) is 4.09. The molecule has 1 saturated carbocycles. The molecule has 0 heterocycles. The summed E-state index contributed by atoms with van der Waals surface area (Å²) in [4.78, 5) is 12.1. The lowest BCUT2D eigenvalue weighted by molar-refractivity contribution is -0.124. The lowest BCUT2D eigenvalue weighted by Crippen LogP contribution is -2.37. The summed E-state index contributed by atoms with van der Waals surface area (Å²) in [5.74, 6) is 0.0496. The van der Waals surface area contributed by atoms with Gasteiger partial charge in [0.2, 0.25) is 5.91 Å². The highest BCUT2D eigenvalue weighted by molar-refractivity contribution is 5.81. The van der Waals surface area contributed by atoms with Gasteiger partial charge in [-0.05, 0) is 31.2 Å². The van der Waals surface area contributed by atoms with Crippen LogP contribution in [0.2, 0.25) is 0 Å². The molecule has 1 aliphatic rings. The van der Waals surface area contributed by atoms with Crippen molar-refractivity contribution in [2.75, 3.05) is 0 Å². The van der Waals surface area contributed by atoms with E-state index in [1.165, 1.54) is 12.8 Å². The molecule has 1 amide bonds. The van der Waals surface area contributed by atoms with Gasteiger partial charge < -0.3 is 5.32 Å². The van der Waals surface area contributed by atoms with Crippen LogP contribution < -0.4 is 5.32 Å². The number of carbonyl (C=O) groups excluding carboxylic acids is 1. The highest BCUT2D eigenvalue weighted by atomic mass is 16.1. The smallest absolute Gasteiger partial charge is 0.237 e. The fourth-order valence-corrected chi connectivity index (χ4v) is 2.30. The average molecular weight is 256 g/mol. The van der Waals surface area contributed by atoms with Crippen LogP contribution in [0.5, 0.6) is 0 Å². The summed E-state index contributed by atoms with van der Waals surface area (Å²) in [6, 6.07) is 12.0. The van der Waals surface area contributed by atoms with Gasteiger partial charge in [0.15, 0.2) is 0 Å². The van der Waals surface area contributed by atoms with Crippen LogP contribution >= 0.6 is 0 Å². The number of benzene rings is 1. The van der Waals surface area contributed by atoms with Crippen molar-refractivity contribution >= 4 is 5.91 Å². The molecule has 1 aromatic rings. The van der Waals surface area contributed by atoms with E-state index in [9.17, 15) is 4.79 Å². The lowest BCUT2D eigenvalue weighted by Gasteiger charge is -2.16. The zero-order valence-corrected chi connectivity index (χ0v) is 11.3. The van der Waals surface area contributed by atoms with Gasteiger partial charge >= 0.3 is 0 Å². The molecule has 0 radical (unpaired) electrons. The molecule has 3 nitrogen and oxygen atoms in total. The van der Waals surface area contributed by atoms with Crippen LogP contribution in [0.3, 0.4) is 0 Å². The third kappa shape index (κ3) is 4.40. The monoisotopic (exact) mass is 256 g/mol. The number of amides is 1. The number of hydrogen-bond donors (Lipinski definition) is 1. The standard InChI is InChI=1S/C16H20N2O/c1-12(9-14-7-8-14)18-16(19)15(11-17)10-13-5-3-2-4-6-13/h2-6,12,14-15H,7-10H2,1H3,(H,18,19). The third-order valence-corrected chi connectivity index (χ3v) is 3.53. The van der Waals surface area contributed by atoms with Crippen molar-refractivity contribution in [1.29, 1.82) is 5.26 Å². The summed E-state index contributed by atoms with van der Waals surface area (Å²) in [5, 5.41) is 12.1. The Bertz CT molecular complexity index is 459. The second-order valence-electron chi connectivity index (χ2n) is 5.46. The van der Waals surface area contributed by atoms with E-state index in [0.717, 1.165) is 17.9 Å². The van der Waals surface area contributed by atoms with Gasteiger partial charge in [-0.2, -0.15) is 5.26 Å². The first kappa shape index (κ1) is 13.6. The minimum Gasteiger partial charge on any atom is -0.352 e. The Balaban J connectivity index is 1.86. The summed E-state index contributed by atoms with van der Waals surface area (Å²) in [6.45, 7) is 2.02. The second-order valence-corrected chi connectivity index (χ2v) is 5.46. The average Bonchev–Trinajstić information content (AvgIpc) is 3.20. The fraction of sp³-hybridized carbons (Fsp3) is 0.500. The highest BCUT2D eigenvalue weighted by Crippen LogP contribution is 2.33. The van der Waals surface area contributed by atoms with E-state index >= 15 is 0 Å². The highest BCUT2D eigenvalue weighted by Gasteiger charge is 2.26. The van der Waals surface area contributed by atoms with Crippen LogP contribution in [0.1, 0.15) is 31.7 Å². The Kier molecular flexibility index (Phi) is 4.57. The predicted octanol–water partition coefficient (Wildman–Crippen LogP) is 2.67. The fourth-order valence-electron chi connectivity index (χ4n) is 2.30. The van der Waals surface area contributed by atoms with Crippen molar-refractivity contribution in [2.24, 2.45) is 11.8 Å². The summed E-state index contributed by atoms with van der Waals surface area (Å²) >= 11 is 0. The second kappa shape index (κ2) is 6.38. The summed E-state index contributed by atoms with van der Waals surface area (Å²) in [5.41, 5.74) is 1.03. The van der Waals surface area contributed by atoms with Crippen LogP contribution in [-0.4, -0.2) is 11.9 Å². The zero-order valence-electron chi connectivity index (χ0n) is 11.3. The number of nitriles is 1. The number of carbonyl (C=O) groups is 1.